The summed E-state index contributed by atoms with van der Waals surface area (Å²) < 4.78 is 10.3. The van der Waals surface area contributed by atoms with Crippen molar-refractivity contribution >= 4 is 18.0 Å². The molecule has 0 aliphatic carbocycles. The first kappa shape index (κ1) is 20.2. The zero-order chi connectivity index (χ0) is 17.7. The number of rotatable bonds is 5. The molecule has 0 radical (unpaired) electrons. The molecule has 0 aliphatic heterocycles. The maximum atomic E-state index is 12.2. The smallest absolute Gasteiger partial charge is 0.408 e. The lowest BCUT2D eigenvalue weighted by molar-refractivity contribution is -0.163. The largest absolute Gasteiger partial charge is 0.481 e. The molecule has 0 saturated carbocycles. The number of nitrogens with one attached hydrogen (secondary N) is 1. The molecule has 0 heterocycles. The normalized spacial score (nSPS) is 14.7. The van der Waals surface area contributed by atoms with Gasteiger partial charge in [0, 0.05) is 0 Å². The number of carboxylic acid groups (broad SMARTS) is 1. The van der Waals surface area contributed by atoms with Crippen molar-refractivity contribution in [1.29, 1.82) is 0 Å². The van der Waals surface area contributed by atoms with E-state index in [4.69, 9.17) is 9.47 Å². The SMILES string of the molecule is CC[C@H](C(=O)O)[C@H](NC(=O)OC(C)(C)C)C(=O)OC(C)(C)C. The third-order valence-corrected chi connectivity index (χ3v) is 2.49. The molecule has 7 heteroatoms. The molecular weight excluding hydrogens is 290 g/mol. The van der Waals surface area contributed by atoms with Gasteiger partial charge in [-0.2, -0.15) is 0 Å². The van der Waals surface area contributed by atoms with Crippen molar-refractivity contribution < 1.29 is 29.0 Å². The Morgan fingerprint density at radius 1 is 1.00 bits per heavy atom. The maximum absolute atomic E-state index is 12.2. The van der Waals surface area contributed by atoms with E-state index in [0.717, 1.165) is 0 Å². The Hall–Kier alpha value is -1.79. The molecule has 0 unspecified atom stereocenters. The monoisotopic (exact) mass is 317 g/mol. The molecule has 0 bridgehead atoms. The zero-order valence-electron chi connectivity index (χ0n) is 14.4. The molecule has 22 heavy (non-hydrogen) atoms. The Kier molecular flexibility index (Phi) is 6.86. The summed E-state index contributed by atoms with van der Waals surface area (Å²) in [4.78, 5) is 35.4. The first-order valence-corrected chi connectivity index (χ1v) is 7.22. The molecule has 0 saturated heterocycles. The van der Waals surface area contributed by atoms with Gasteiger partial charge in [-0.3, -0.25) is 4.79 Å². The van der Waals surface area contributed by atoms with Gasteiger partial charge in [0.25, 0.3) is 0 Å². The molecule has 2 atom stereocenters. The molecule has 0 aliphatic rings. The van der Waals surface area contributed by atoms with Crippen LogP contribution in [0.1, 0.15) is 54.9 Å². The van der Waals surface area contributed by atoms with Crippen LogP contribution in [0, 0.1) is 5.92 Å². The number of hydrogen-bond acceptors (Lipinski definition) is 5. The Labute approximate surface area is 131 Å². The molecule has 128 valence electrons. The van der Waals surface area contributed by atoms with Crippen LogP contribution in [0.25, 0.3) is 0 Å². The van der Waals surface area contributed by atoms with E-state index in [0.29, 0.717) is 0 Å². The highest BCUT2D eigenvalue weighted by Crippen LogP contribution is 2.17. The lowest BCUT2D eigenvalue weighted by Gasteiger charge is -2.28. The van der Waals surface area contributed by atoms with Gasteiger partial charge in [-0.25, -0.2) is 9.59 Å². The second-order valence-corrected chi connectivity index (χ2v) is 7.01. The van der Waals surface area contributed by atoms with E-state index in [-0.39, 0.29) is 6.42 Å². The van der Waals surface area contributed by atoms with Crippen molar-refractivity contribution in [3.05, 3.63) is 0 Å². The van der Waals surface area contributed by atoms with E-state index >= 15 is 0 Å². The first-order chi connectivity index (χ1) is 9.76. The fourth-order valence-corrected chi connectivity index (χ4v) is 1.68. The fraction of sp³-hybridized carbons (Fsp3) is 0.800. The third kappa shape index (κ3) is 7.85. The molecule has 0 rings (SSSR count). The minimum absolute atomic E-state index is 0.162. The third-order valence-electron chi connectivity index (χ3n) is 2.49. The summed E-state index contributed by atoms with van der Waals surface area (Å²) in [7, 11) is 0. The minimum Gasteiger partial charge on any atom is -0.481 e. The summed E-state index contributed by atoms with van der Waals surface area (Å²) in [6.45, 7) is 11.6. The highest BCUT2D eigenvalue weighted by atomic mass is 16.6. The van der Waals surface area contributed by atoms with Crippen LogP contribution >= 0.6 is 0 Å². The van der Waals surface area contributed by atoms with E-state index < -0.39 is 41.2 Å². The second kappa shape index (κ2) is 7.47. The average molecular weight is 317 g/mol. The van der Waals surface area contributed by atoms with Gasteiger partial charge in [-0.05, 0) is 48.0 Å². The van der Waals surface area contributed by atoms with Gasteiger partial charge in [0.05, 0.1) is 5.92 Å². The van der Waals surface area contributed by atoms with Gasteiger partial charge in [-0.1, -0.05) is 6.92 Å². The number of alkyl carbamates (subject to hydrolysis) is 1. The maximum Gasteiger partial charge on any atom is 0.408 e. The molecule has 0 aromatic heterocycles. The summed E-state index contributed by atoms with van der Waals surface area (Å²) in [6, 6.07) is -1.31. The summed E-state index contributed by atoms with van der Waals surface area (Å²) in [5, 5.41) is 11.5. The first-order valence-electron chi connectivity index (χ1n) is 7.22. The van der Waals surface area contributed by atoms with Crippen LogP contribution in [0.15, 0.2) is 0 Å². The topological polar surface area (TPSA) is 102 Å². The zero-order valence-corrected chi connectivity index (χ0v) is 14.4. The van der Waals surface area contributed by atoms with E-state index in [1.807, 2.05) is 0 Å². The van der Waals surface area contributed by atoms with Crippen LogP contribution in [-0.4, -0.2) is 40.4 Å². The summed E-state index contributed by atoms with van der Waals surface area (Å²) in [5.41, 5.74) is -1.55. The Balaban J connectivity index is 5.21. The molecule has 0 aromatic rings. The predicted molar refractivity (Wildman–Crippen MR) is 80.4 cm³/mol. The highest BCUT2D eigenvalue weighted by Gasteiger charge is 2.37. The van der Waals surface area contributed by atoms with Gasteiger partial charge in [0.1, 0.15) is 17.2 Å². The van der Waals surface area contributed by atoms with Crippen molar-refractivity contribution in [1.82, 2.24) is 5.32 Å². The van der Waals surface area contributed by atoms with Crippen LogP contribution < -0.4 is 5.32 Å². The Bertz CT molecular complexity index is 419. The molecule has 0 fully saturated rings. The van der Waals surface area contributed by atoms with E-state index in [2.05, 4.69) is 5.32 Å². The number of aliphatic carboxylic acids is 1. The minimum atomic E-state index is -1.31. The van der Waals surface area contributed by atoms with Crippen LogP contribution in [0.4, 0.5) is 4.79 Å². The van der Waals surface area contributed by atoms with Crippen LogP contribution in [0.3, 0.4) is 0 Å². The number of ether oxygens (including phenoxy) is 2. The molecular formula is C15H27NO6. The summed E-state index contributed by atoms with van der Waals surface area (Å²) in [5.74, 6) is -3.08. The highest BCUT2D eigenvalue weighted by molar-refractivity contribution is 5.87. The van der Waals surface area contributed by atoms with Gasteiger partial charge in [0.15, 0.2) is 0 Å². The lowest BCUT2D eigenvalue weighted by atomic mass is 9.97. The van der Waals surface area contributed by atoms with Gasteiger partial charge < -0.3 is 19.9 Å². The van der Waals surface area contributed by atoms with Crippen molar-refractivity contribution in [2.75, 3.05) is 0 Å². The Morgan fingerprint density at radius 3 is 1.77 bits per heavy atom. The average Bonchev–Trinajstić information content (AvgIpc) is 2.22. The number of carbonyl (C=O) groups is 3. The summed E-state index contributed by atoms with van der Waals surface area (Å²) in [6.07, 6.45) is -0.697. The standard InChI is InChI=1S/C15H27NO6/c1-8-9(11(17)18)10(12(19)21-14(2,3)4)16-13(20)22-15(5,6)7/h9-10H,8H2,1-7H3,(H,16,20)(H,17,18)/t9-,10-/m0/s1. The number of carbonyl (C=O) groups excluding carboxylic acids is 2. The molecule has 1 amide bonds. The van der Waals surface area contributed by atoms with Crippen LogP contribution in [0.2, 0.25) is 0 Å². The quantitative estimate of drug-likeness (QED) is 0.755. The van der Waals surface area contributed by atoms with Crippen LogP contribution in [-0.2, 0) is 19.1 Å². The van der Waals surface area contributed by atoms with Crippen molar-refractivity contribution in [2.45, 2.75) is 72.1 Å². The number of amides is 1. The summed E-state index contributed by atoms with van der Waals surface area (Å²) >= 11 is 0. The predicted octanol–water partition coefficient (Wildman–Crippen LogP) is 2.33. The number of hydrogen-bond donors (Lipinski definition) is 2. The van der Waals surface area contributed by atoms with E-state index in [1.165, 1.54) is 0 Å². The number of carboxylic acids is 1. The van der Waals surface area contributed by atoms with Gasteiger partial charge in [-0.15, -0.1) is 0 Å². The van der Waals surface area contributed by atoms with Gasteiger partial charge in [0.2, 0.25) is 0 Å². The number of esters is 1. The van der Waals surface area contributed by atoms with E-state index in [9.17, 15) is 19.5 Å². The lowest BCUT2D eigenvalue weighted by Crippen LogP contribution is -2.51. The second-order valence-electron chi connectivity index (χ2n) is 7.01. The molecule has 0 spiro atoms. The molecule has 2 N–H and O–H groups in total. The van der Waals surface area contributed by atoms with Gasteiger partial charge >= 0.3 is 18.0 Å². The molecule has 7 nitrogen and oxygen atoms in total. The fourth-order valence-electron chi connectivity index (χ4n) is 1.68. The molecule has 0 aromatic carbocycles. The van der Waals surface area contributed by atoms with Crippen molar-refractivity contribution in [3.8, 4) is 0 Å². The van der Waals surface area contributed by atoms with Crippen LogP contribution in [0.5, 0.6) is 0 Å². The van der Waals surface area contributed by atoms with Crippen molar-refractivity contribution in [2.24, 2.45) is 5.92 Å². The van der Waals surface area contributed by atoms with Crippen molar-refractivity contribution in [3.63, 3.8) is 0 Å². The Morgan fingerprint density at radius 2 is 1.45 bits per heavy atom. The van der Waals surface area contributed by atoms with E-state index in [1.54, 1.807) is 48.5 Å².